The number of carbonyl (C=O) groups is 1. The van der Waals surface area contributed by atoms with E-state index in [9.17, 15) is 4.79 Å². The van der Waals surface area contributed by atoms with Gasteiger partial charge in [-0.1, -0.05) is 0 Å². The summed E-state index contributed by atoms with van der Waals surface area (Å²) in [7, 11) is 1.64. The number of anilines is 2. The number of nitrogens with two attached hydrogens (primary N) is 1. The van der Waals surface area contributed by atoms with Crippen LogP contribution in [0, 0.1) is 0 Å². The molecule has 1 aromatic rings. The van der Waals surface area contributed by atoms with E-state index >= 15 is 0 Å². The minimum Gasteiger partial charge on any atom is -0.462 e. The molecule has 0 aliphatic carbocycles. The van der Waals surface area contributed by atoms with Crippen LogP contribution in [0.3, 0.4) is 0 Å². The molecule has 100 valence electrons. The molecular weight excluding hydrogens is 232 g/mol. The second kappa shape index (κ2) is 6.86. The highest BCUT2D eigenvalue weighted by Gasteiger charge is 2.13. The number of hydrogen-bond acceptors (Lipinski definition) is 5. The second-order valence-corrected chi connectivity index (χ2v) is 3.95. The fraction of sp³-hybridized carbons (Fsp3) is 0.462. The lowest BCUT2D eigenvalue weighted by molar-refractivity contribution is 0.0527. The van der Waals surface area contributed by atoms with Gasteiger partial charge in [0.25, 0.3) is 0 Å². The molecule has 1 rings (SSSR count). The van der Waals surface area contributed by atoms with Gasteiger partial charge in [-0.2, -0.15) is 0 Å². The number of nitrogen functional groups attached to an aromatic ring is 1. The number of rotatable bonds is 6. The lowest BCUT2D eigenvalue weighted by atomic mass is 10.1. The lowest BCUT2D eigenvalue weighted by Crippen LogP contribution is -2.20. The van der Waals surface area contributed by atoms with E-state index in [1.54, 1.807) is 32.2 Å². The van der Waals surface area contributed by atoms with Crippen LogP contribution in [0.15, 0.2) is 18.2 Å². The molecule has 0 saturated carbocycles. The molecule has 0 saturated heterocycles. The molecule has 1 aromatic carbocycles. The van der Waals surface area contributed by atoms with Gasteiger partial charge in [0.1, 0.15) is 0 Å². The molecule has 18 heavy (non-hydrogen) atoms. The molecule has 0 fully saturated rings. The molecule has 0 heterocycles. The van der Waals surface area contributed by atoms with Gasteiger partial charge in [0.05, 0.1) is 18.3 Å². The van der Waals surface area contributed by atoms with Gasteiger partial charge < -0.3 is 20.5 Å². The summed E-state index contributed by atoms with van der Waals surface area (Å²) >= 11 is 0. The van der Waals surface area contributed by atoms with Gasteiger partial charge >= 0.3 is 5.97 Å². The number of benzene rings is 1. The summed E-state index contributed by atoms with van der Waals surface area (Å²) in [6.45, 7) is 4.65. The first-order chi connectivity index (χ1) is 8.58. The number of nitrogens with one attached hydrogen (secondary N) is 1. The van der Waals surface area contributed by atoms with Crippen LogP contribution in [-0.4, -0.2) is 32.3 Å². The van der Waals surface area contributed by atoms with Gasteiger partial charge in [-0.15, -0.1) is 0 Å². The van der Waals surface area contributed by atoms with Crippen molar-refractivity contribution in [3.63, 3.8) is 0 Å². The third-order valence-electron chi connectivity index (χ3n) is 2.52. The predicted octanol–water partition coefficient (Wildman–Crippen LogP) is 1.89. The fourth-order valence-electron chi connectivity index (χ4n) is 1.43. The monoisotopic (exact) mass is 252 g/mol. The van der Waals surface area contributed by atoms with E-state index in [-0.39, 0.29) is 12.1 Å². The maximum absolute atomic E-state index is 11.8. The SMILES string of the molecule is CCOC(=O)c1cc(N)ccc1NCC(C)OC. The zero-order valence-electron chi connectivity index (χ0n) is 11.0. The summed E-state index contributed by atoms with van der Waals surface area (Å²) in [6, 6.07) is 5.12. The molecule has 0 aliphatic rings. The Bertz CT molecular complexity index is 407. The first kappa shape index (κ1) is 14.3. The molecule has 0 bridgehead atoms. The molecule has 3 N–H and O–H groups in total. The first-order valence-electron chi connectivity index (χ1n) is 5.91. The maximum Gasteiger partial charge on any atom is 0.340 e. The average Bonchev–Trinajstić information content (AvgIpc) is 2.37. The summed E-state index contributed by atoms with van der Waals surface area (Å²) in [5.41, 5.74) is 7.36. The van der Waals surface area contributed by atoms with Crippen LogP contribution in [0.2, 0.25) is 0 Å². The molecule has 5 heteroatoms. The van der Waals surface area contributed by atoms with Crippen molar-refractivity contribution in [1.82, 2.24) is 0 Å². The molecule has 0 aliphatic heterocycles. The van der Waals surface area contributed by atoms with Gasteiger partial charge in [-0.3, -0.25) is 0 Å². The molecule has 0 spiro atoms. The largest absolute Gasteiger partial charge is 0.462 e. The van der Waals surface area contributed by atoms with Gasteiger partial charge in [0.2, 0.25) is 0 Å². The number of hydrogen-bond donors (Lipinski definition) is 2. The normalized spacial score (nSPS) is 11.9. The molecule has 1 atom stereocenters. The lowest BCUT2D eigenvalue weighted by Gasteiger charge is -2.15. The fourth-order valence-corrected chi connectivity index (χ4v) is 1.43. The quantitative estimate of drug-likeness (QED) is 0.597. The summed E-state index contributed by atoms with van der Waals surface area (Å²) < 4.78 is 10.1. The Kier molecular flexibility index (Phi) is 5.45. The minimum atomic E-state index is -0.377. The zero-order valence-corrected chi connectivity index (χ0v) is 11.0. The highest BCUT2D eigenvalue weighted by molar-refractivity contribution is 5.96. The molecule has 0 amide bonds. The van der Waals surface area contributed by atoms with E-state index < -0.39 is 0 Å². The first-order valence-corrected chi connectivity index (χ1v) is 5.91. The standard InChI is InChI=1S/C13H20N2O3/c1-4-18-13(16)11-7-10(14)5-6-12(11)15-8-9(2)17-3/h5-7,9,15H,4,8,14H2,1-3H3. The van der Waals surface area contributed by atoms with E-state index in [2.05, 4.69) is 5.32 Å². The Morgan fingerprint density at radius 3 is 2.83 bits per heavy atom. The molecule has 0 aromatic heterocycles. The van der Waals surface area contributed by atoms with Crippen molar-refractivity contribution in [3.8, 4) is 0 Å². The third kappa shape index (κ3) is 3.92. The highest BCUT2D eigenvalue weighted by atomic mass is 16.5. The summed E-state index contributed by atoms with van der Waals surface area (Å²) in [5.74, 6) is -0.377. The Morgan fingerprint density at radius 1 is 1.50 bits per heavy atom. The molecule has 0 radical (unpaired) electrons. The Balaban J connectivity index is 2.86. The zero-order chi connectivity index (χ0) is 13.5. The number of ether oxygens (including phenoxy) is 2. The van der Waals surface area contributed by atoms with Crippen LogP contribution in [-0.2, 0) is 9.47 Å². The van der Waals surface area contributed by atoms with Crippen molar-refractivity contribution in [2.45, 2.75) is 20.0 Å². The van der Waals surface area contributed by atoms with Gasteiger partial charge in [-0.25, -0.2) is 4.79 Å². The summed E-state index contributed by atoms with van der Waals surface area (Å²) in [4.78, 5) is 11.8. The summed E-state index contributed by atoms with van der Waals surface area (Å²) in [5, 5.41) is 3.15. The topological polar surface area (TPSA) is 73.6 Å². The van der Waals surface area contributed by atoms with E-state index in [1.165, 1.54) is 0 Å². The van der Waals surface area contributed by atoms with E-state index in [0.29, 0.717) is 30.1 Å². The maximum atomic E-state index is 11.8. The van der Waals surface area contributed by atoms with Crippen molar-refractivity contribution >= 4 is 17.3 Å². The van der Waals surface area contributed by atoms with Crippen molar-refractivity contribution in [2.75, 3.05) is 31.3 Å². The van der Waals surface area contributed by atoms with Crippen molar-refractivity contribution in [2.24, 2.45) is 0 Å². The molecule has 5 nitrogen and oxygen atoms in total. The van der Waals surface area contributed by atoms with Crippen molar-refractivity contribution < 1.29 is 14.3 Å². The second-order valence-electron chi connectivity index (χ2n) is 3.95. The van der Waals surface area contributed by atoms with Crippen LogP contribution < -0.4 is 11.1 Å². The van der Waals surface area contributed by atoms with Crippen LogP contribution in [0.25, 0.3) is 0 Å². The smallest absolute Gasteiger partial charge is 0.340 e. The Labute approximate surface area is 107 Å². The van der Waals surface area contributed by atoms with Crippen molar-refractivity contribution in [1.29, 1.82) is 0 Å². The van der Waals surface area contributed by atoms with Crippen LogP contribution >= 0.6 is 0 Å². The molecule has 1 unspecified atom stereocenters. The number of carbonyl (C=O) groups excluding carboxylic acids is 1. The van der Waals surface area contributed by atoms with Gasteiger partial charge in [0.15, 0.2) is 0 Å². The Morgan fingerprint density at radius 2 is 2.22 bits per heavy atom. The highest BCUT2D eigenvalue weighted by Crippen LogP contribution is 2.20. The van der Waals surface area contributed by atoms with Crippen LogP contribution in [0.5, 0.6) is 0 Å². The summed E-state index contributed by atoms with van der Waals surface area (Å²) in [6.07, 6.45) is 0.0533. The number of esters is 1. The van der Waals surface area contributed by atoms with Gasteiger partial charge in [-0.05, 0) is 32.0 Å². The van der Waals surface area contributed by atoms with Crippen molar-refractivity contribution in [3.05, 3.63) is 23.8 Å². The van der Waals surface area contributed by atoms with Crippen LogP contribution in [0.1, 0.15) is 24.2 Å². The van der Waals surface area contributed by atoms with E-state index in [4.69, 9.17) is 15.2 Å². The predicted molar refractivity (Wildman–Crippen MR) is 71.8 cm³/mol. The Hall–Kier alpha value is -1.75. The average molecular weight is 252 g/mol. The van der Waals surface area contributed by atoms with Crippen LogP contribution in [0.4, 0.5) is 11.4 Å². The minimum absolute atomic E-state index is 0.0533. The van der Waals surface area contributed by atoms with E-state index in [1.807, 2.05) is 6.92 Å². The molecular formula is C13H20N2O3. The van der Waals surface area contributed by atoms with Gasteiger partial charge in [0, 0.05) is 25.0 Å². The van der Waals surface area contributed by atoms with E-state index in [0.717, 1.165) is 0 Å². The number of methoxy groups -OCH3 is 1. The third-order valence-corrected chi connectivity index (χ3v) is 2.52.